The number of piperidine rings is 1. The van der Waals surface area contributed by atoms with Gasteiger partial charge >= 0.3 is 0 Å². The molecule has 0 saturated carbocycles. The Bertz CT molecular complexity index is 726. The van der Waals surface area contributed by atoms with Crippen molar-refractivity contribution in [2.24, 2.45) is 0 Å². The van der Waals surface area contributed by atoms with Crippen molar-refractivity contribution in [2.45, 2.75) is 31.9 Å². The summed E-state index contributed by atoms with van der Waals surface area (Å²) in [5.74, 6) is 0.660. The molecular weight excluding hydrogens is 292 g/mol. The smallest absolute Gasteiger partial charge is 0.255 e. The Kier molecular flexibility index (Phi) is 4.12. The van der Waals surface area contributed by atoms with Crippen molar-refractivity contribution in [1.29, 1.82) is 0 Å². The van der Waals surface area contributed by atoms with Crippen molar-refractivity contribution >= 4 is 16.9 Å². The summed E-state index contributed by atoms with van der Waals surface area (Å²) >= 11 is 0. The summed E-state index contributed by atoms with van der Waals surface area (Å²) in [5, 5.41) is 10.7. The Morgan fingerprint density at radius 2 is 2.26 bits per heavy atom. The molecule has 1 fully saturated rings. The average molecular weight is 316 g/mol. The zero-order valence-electron chi connectivity index (χ0n) is 14.0. The second-order valence-corrected chi connectivity index (χ2v) is 6.69. The number of aliphatic hydroxyl groups is 1. The number of benzene rings is 1. The fourth-order valence-corrected chi connectivity index (χ4v) is 3.38. The highest BCUT2D eigenvalue weighted by atomic mass is 16.3. The van der Waals surface area contributed by atoms with Crippen LogP contribution in [0.15, 0.2) is 18.2 Å². The lowest BCUT2D eigenvalue weighted by atomic mass is 9.91. The molecular formula is C17H24N4O2. The van der Waals surface area contributed by atoms with Gasteiger partial charge in [-0.2, -0.15) is 0 Å². The number of imidazole rings is 1. The molecule has 2 N–H and O–H groups in total. The first kappa shape index (κ1) is 16.0. The molecule has 23 heavy (non-hydrogen) atoms. The number of likely N-dealkylation sites (tertiary alicyclic amines) is 1. The summed E-state index contributed by atoms with van der Waals surface area (Å²) in [7, 11) is 3.65. The fourth-order valence-electron chi connectivity index (χ4n) is 3.38. The van der Waals surface area contributed by atoms with E-state index >= 15 is 0 Å². The molecule has 1 aromatic carbocycles. The van der Waals surface area contributed by atoms with Gasteiger partial charge < -0.3 is 15.0 Å². The van der Waals surface area contributed by atoms with Gasteiger partial charge in [0.2, 0.25) is 0 Å². The van der Waals surface area contributed by atoms with Crippen LogP contribution in [0, 0.1) is 6.92 Å². The zero-order chi connectivity index (χ0) is 16.6. The van der Waals surface area contributed by atoms with Gasteiger partial charge in [-0.05, 0) is 38.4 Å². The highest BCUT2D eigenvalue weighted by Gasteiger charge is 2.41. The molecule has 0 spiro atoms. The topological polar surface area (TPSA) is 72.5 Å². The van der Waals surface area contributed by atoms with E-state index in [0.29, 0.717) is 26.1 Å². The summed E-state index contributed by atoms with van der Waals surface area (Å²) in [4.78, 5) is 23.7. The van der Waals surface area contributed by atoms with E-state index in [4.69, 9.17) is 0 Å². The minimum atomic E-state index is -1.29. The lowest BCUT2D eigenvalue weighted by Crippen LogP contribution is -2.56. The van der Waals surface area contributed by atoms with Crippen molar-refractivity contribution in [3.05, 3.63) is 29.6 Å². The Morgan fingerprint density at radius 1 is 1.48 bits per heavy atom. The molecule has 2 aromatic rings. The molecule has 1 aromatic heterocycles. The monoisotopic (exact) mass is 316 g/mol. The number of hydrogen-bond donors (Lipinski definition) is 2. The van der Waals surface area contributed by atoms with E-state index < -0.39 is 5.60 Å². The molecule has 6 heteroatoms. The van der Waals surface area contributed by atoms with Crippen molar-refractivity contribution < 1.29 is 9.90 Å². The Balaban J connectivity index is 1.72. The SMILES string of the molecule is Cc1cccc2[nH]c(CN(C)CC3(O)CCCN(C)C3=O)nc12. The number of carbonyl (C=O) groups excluding carboxylic acids is 1. The van der Waals surface area contributed by atoms with Crippen LogP contribution in [0.25, 0.3) is 11.0 Å². The van der Waals surface area contributed by atoms with Crippen LogP contribution in [-0.2, 0) is 11.3 Å². The van der Waals surface area contributed by atoms with Gasteiger partial charge in [-0.25, -0.2) is 4.98 Å². The standard InChI is InChI=1S/C17H24N4O2/c1-12-6-4-7-13-15(12)19-14(18-13)10-20(2)11-17(23)8-5-9-21(3)16(17)22/h4,6-7,23H,5,8-11H2,1-3H3,(H,18,19). The molecule has 0 radical (unpaired) electrons. The number of aromatic amines is 1. The molecule has 1 aliphatic heterocycles. The maximum Gasteiger partial charge on any atom is 0.255 e. The number of aryl methyl sites for hydroxylation is 1. The van der Waals surface area contributed by atoms with Gasteiger partial charge in [-0.1, -0.05) is 12.1 Å². The fraction of sp³-hybridized carbons (Fsp3) is 0.529. The van der Waals surface area contributed by atoms with Crippen molar-refractivity contribution in [3.8, 4) is 0 Å². The zero-order valence-corrected chi connectivity index (χ0v) is 14.0. The second-order valence-electron chi connectivity index (χ2n) is 6.69. The summed E-state index contributed by atoms with van der Waals surface area (Å²) < 4.78 is 0. The van der Waals surface area contributed by atoms with Crippen LogP contribution in [0.2, 0.25) is 0 Å². The van der Waals surface area contributed by atoms with Crippen LogP contribution in [0.1, 0.15) is 24.2 Å². The molecule has 2 heterocycles. The molecule has 124 valence electrons. The number of nitrogens with zero attached hydrogens (tertiary/aromatic N) is 3. The average Bonchev–Trinajstić information content (AvgIpc) is 2.88. The maximum atomic E-state index is 12.2. The van der Waals surface area contributed by atoms with E-state index in [2.05, 4.69) is 9.97 Å². The van der Waals surface area contributed by atoms with E-state index in [1.807, 2.05) is 37.1 Å². The molecule has 1 unspecified atom stereocenters. The van der Waals surface area contributed by atoms with Gasteiger partial charge in [0.15, 0.2) is 5.60 Å². The third-order valence-corrected chi connectivity index (χ3v) is 4.54. The number of rotatable bonds is 4. The number of fused-ring (bicyclic) bond motifs is 1. The lowest BCUT2D eigenvalue weighted by Gasteiger charge is -2.38. The molecule has 1 amide bonds. The van der Waals surface area contributed by atoms with E-state index in [-0.39, 0.29) is 5.91 Å². The van der Waals surface area contributed by atoms with E-state index in [1.54, 1.807) is 11.9 Å². The molecule has 1 atom stereocenters. The van der Waals surface area contributed by atoms with Gasteiger partial charge in [0, 0.05) is 20.1 Å². The largest absolute Gasteiger partial charge is 0.379 e. The first-order chi connectivity index (χ1) is 10.9. The highest BCUT2D eigenvalue weighted by molar-refractivity contribution is 5.85. The number of aromatic nitrogens is 2. The molecule has 6 nitrogen and oxygen atoms in total. The number of amides is 1. The number of para-hydroxylation sites is 1. The number of H-pyrrole nitrogens is 1. The predicted molar refractivity (Wildman–Crippen MR) is 89.0 cm³/mol. The molecule has 0 aliphatic carbocycles. The maximum absolute atomic E-state index is 12.2. The first-order valence-electron chi connectivity index (χ1n) is 8.00. The van der Waals surface area contributed by atoms with E-state index in [1.165, 1.54) is 0 Å². The third kappa shape index (κ3) is 3.09. The van der Waals surface area contributed by atoms with Gasteiger partial charge in [-0.3, -0.25) is 9.69 Å². The molecule has 1 aliphatic rings. The summed E-state index contributed by atoms with van der Waals surface area (Å²) in [6, 6.07) is 6.05. The number of nitrogens with one attached hydrogen (secondary N) is 1. The van der Waals surface area contributed by atoms with Crippen LogP contribution in [-0.4, -0.2) is 63.6 Å². The molecule has 0 bridgehead atoms. The molecule has 3 rings (SSSR count). The van der Waals surface area contributed by atoms with Crippen molar-refractivity contribution in [2.75, 3.05) is 27.2 Å². The summed E-state index contributed by atoms with van der Waals surface area (Å²) in [6.45, 7) is 3.63. The molecule has 1 saturated heterocycles. The second kappa shape index (κ2) is 5.94. The van der Waals surface area contributed by atoms with Crippen LogP contribution < -0.4 is 0 Å². The van der Waals surface area contributed by atoms with Crippen LogP contribution in [0.5, 0.6) is 0 Å². The Morgan fingerprint density at radius 3 is 3.00 bits per heavy atom. The predicted octanol–water partition coefficient (Wildman–Crippen LogP) is 1.29. The van der Waals surface area contributed by atoms with Crippen molar-refractivity contribution in [3.63, 3.8) is 0 Å². The highest BCUT2D eigenvalue weighted by Crippen LogP contribution is 2.23. The van der Waals surface area contributed by atoms with Gasteiger partial charge in [0.05, 0.1) is 17.6 Å². The van der Waals surface area contributed by atoms with E-state index in [9.17, 15) is 9.90 Å². The Hall–Kier alpha value is -1.92. The quantitative estimate of drug-likeness (QED) is 0.891. The van der Waals surface area contributed by atoms with Crippen LogP contribution in [0.4, 0.5) is 0 Å². The van der Waals surface area contributed by atoms with Crippen LogP contribution >= 0.6 is 0 Å². The van der Waals surface area contributed by atoms with E-state index in [0.717, 1.165) is 28.8 Å². The third-order valence-electron chi connectivity index (χ3n) is 4.54. The normalized spacial score (nSPS) is 22.3. The van der Waals surface area contributed by atoms with Gasteiger partial charge in [0.25, 0.3) is 5.91 Å². The van der Waals surface area contributed by atoms with Crippen LogP contribution in [0.3, 0.4) is 0 Å². The Labute approximate surface area is 136 Å². The number of hydrogen-bond acceptors (Lipinski definition) is 4. The minimum absolute atomic E-state index is 0.184. The number of carbonyl (C=O) groups is 1. The minimum Gasteiger partial charge on any atom is -0.379 e. The number of likely N-dealkylation sites (N-methyl/N-ethyl adjacent to an activating group) is 2. The first-order valence-corrected chi connectivity index (χ1v) is 8.00. The summed E-state index contributed by atoms with van der Waals surface area (Å²) in [6.07, 6.45) is 1.34. The lowest BCUT2D eigenvalue weighted by molar-refractivity contribution is -0.157. The van der Waals surface area contributed by atoms with Crippen molar-refractivity contribution in [1.82, 2.24) is 19.8 Å². The van der Waals surface area contributed by atoms with Gasteiger partial charge in [0.1, 0.15) is 5.82 Å². The summed E-state index contributed by atoms with van der Waals surface area (Å²) in [5.41, 5.74) is 1.84. The van der Waals surface area contributed by atoms with Gasteiger partial charge in [-0.15, -0.1) is 0 Å².